The minimum Gasteiger partial charge on any atom is -0.350 e. The molecule has 1 aromatic carbocycles. The number of nitrogens with one attached hydrogen (secondary N) is 1. The molecule has 0 saturated heterocycles. The number of rotatable bonds is 6. The SMILES string of the molecule is CCC(CC)(CBr)NC(=O)Cc1ccc(C)cc1. The molecule has 0 aliphatic heterocycles. The standard InChI is InChI=1S/C15H22BrNO/c1-4-15(5-2,11-16)17-14(18)10-13-8-6-12(3)7-9-13/h6-9H,4-5,10-11H2,1-3H3,(H,17,18). The normalized spacial score (nSPS) is 11.3. The molecule has 1 aromatic rings. The Labute approximate surface area is 118 Å². The molecular weight excluding hydrogens is 290 g/mol. The molecule has 1 rings (SSSR count). The van der Waals surface area contributed by atoms with Crippen LogP contribution in [0.25, 0.3) is 0 Å². The summed E-state index contributed by atoms with van der Waals surface area (Å²) in [5.74, 6) is 0.0991. The minimum atomic E-state index is -0.109. The predicted octanol–water partition coefficient (Wildman–Crippen LogP) is 3.61. The summed E-state index contributed by atoms with van der Waals surface area (Å²) in [5, 5.41) is 3.96. The number of hydrogen-bond donors (Lipinski definition) is 1. The Balaban J connectivity index is 2.63. The molecule has 0 radical (unpaired) electrons. The van der Waals surface area contributed by atoms with Gasteiger partial charge in [-0.05, 0) is 25.3 Å². The summed E-state index contributed by atoms with van der Waals surface area (Å²) in [6, 6.07) is 8.12. The van der Waals surface area contributed by atoms with Gasteiger partial charge in [0.2, 0.25) is 5.91 Å². The second-order valence-electron chi connectivity index (χ2n) is 4.83. The van der Waals surface area contributed by atoms with E-state index in [2.05, 4.69) is 35.1 Å². The van der Waals surface area contributed by atoms with Gasteiger partial charge in [-0.15, -0.1) is 0 Å². The van der Waals surface area contributed by atoms with Gasteiger partial charge in [-0.3, -0.25) is 4.79 Å². The topological polar surface area (TPSA) is 29.1 Å². The maximum atomic E-state index is 12.1. The Kier molecular flexibility index (Phi) is 5.86. The van der Waals surface area contributed by atoms with Crippen molar-refractivity contribution in [2.45, 2.75) is 45.6 Å². The molecule has 1 N–H and O–H groups in total. The lowest BCUT2D eigenvalue weighted by molar-refractivity contribution is -0.122. The van der Waals surface area contributed by atoms with Gasteiger partial charge in [0.15, 0.2) is 0 Å². The third kappa shape index (κ3) is 4.13. The molecule has 3 heteroatoms. The van der Waals surface area contributed by atoms with Crippen LogP contribution in [0.5, 0.6) is 0 Å². The van der Waals surface area contributed by atoms with Crippen molar-refractivity contribution in [3.05, 3.63) is 35.4 Å². The molecule has 1 amide bonds. The van der Waals surface area contributed by atoms with Crippen LogP contribution in [0.2, 0.25) is 0 Å². The molecule has 0 aromatic heterocycles. The number of benzene rings is 1. The molecule has 0 heterocycles. The van der Waals surface area contributed by atoms with Crippen LogP contribution in [0.15, 0.2) is 24.3 Å². The first kappa shape index (κ1) is 15.2. The number of amides is 1. The highest BCUT2D eigenvalue weighted by Gasteiger charge is 2.26. The minimum absolute atomic E-state index is 0.0991. The van der Waals surface area contributed by atoms with Crippen LogP contribution in [0.1, 0.15) is 37.8 Å². The molecular formula is C15H22BrNO. The fraction of sp³-hybridized carbons (Fsp3) is 0.533. The predicted molar refractivity (Wildman–Crippen MR) is 80.1 cm³/mol. The van der Waals surface area contributed by atoms with E-state index in [9.17, 15) is 4.79 Å². The Hall–Kier alpha value is -0.830. The quantitative estimate of drug-likeness (QED) is 0.799. The van der Waals surface area contributed by atoms with Gasteiger partial charge in [0.05, 0.1) is 6.42 Å². The Morgan fingerprint density at radius 1 is 1.22 bits per heavy atom. The molecule has 0 spiro atoms. The van der Waals surface area contributed by atoms with Crippen molar-refractivity contribution in [2.75, 3.05) is 5.33 Å². The van der Waals surface area contributed by atoms with Crippen LogP contribution in [0.4, 0.5) is 0 Å². The summed E-state index contributed by atoms with van der Waals surface area (Å²) in [5.41, 5.74) is 2.17. The second kappa shape index (κ2) is 6.93. The Morgan fingerprint density at radius 3 is 2.22 bits per heavy atom. The number of halogens is 1. The number of carbonyl (C=O) groups excluding carboxylic acids is 1. The fourth-order valence-electron chi connectivity index (χ4n) is 1.88. The van der Waals surface area contributed by atoms with E-state index in [1.807, 2.05) is 31.2 Å². The van der Waals surface area contributed by atoms with Gasteiger partial charge in [0, 0.05) is 10.9 Å². The summed E-state index contributed by atoms with van der Waals surface area (Å²) in [4.78, 5) is 12.1. The maximum Gasteiger partial charge on any atom is 0.224 e. The lowest BCUT2D eigenvalue weighted by Gasteiger charge is -2.31. The molecule has 0 atom stereocenters. The summed E-state index contributed by atoms with van der Waals surface area (Å²) >= 11 is 3.50. The van der Waals surface area contributed by atoms with Crippen molar-refractivity contribution >= 4 is 21.8 Å². The number of hydrogen-bond acceptors (Lipinski definition) is 1. The van der Waals surface area contributed by atoms with Crippen LogP contribution < -0.4 is 5.32 Å². The lowest BCUT2D eigenvalue weighted by Crippen LogP contribution is -2.49. The zero-order valence-electron chi connectivity index (χ0n) is 11.4. The first-order chi connectivity index (χ1) is 8.55. The van der Waals surface area contributed by atoms with E-state index in [1.54, 1.807) is 0 Å². The van der Waals surface area contributed by atoms with E-state index in [1.165, 1.54) is 5.56 Å². The zero-order valence-corrected chi connectivity index (χ0v) is 13.0. The third-order valence-corrected chi connectivity index (χ3v) is 4.57. The van der Waals surface area contributed by atoms with Crippen molar-refractivity contribution in [1.29, 1.82) is 0 Å². The summed E-state index contributed by atoms with van der Waals surface area (Å²) in [6.07, 6.45) is 2.33. The Morgan fingerprint density at radius 2 is 1.78 bits per heavy atom. The fourth-order valence-corrected chi connectivity index (χ4v) is 2.81. The highest BCUT2D eigenvalue weighted by molar-refractivity contribution is 9.09. The van der Waals surface area contributed by atoms with Crippen LogP contribution in [0.3, 0.4) is 0 Å². The van der Waals surface area contributed by atoms with Gasteiger partial charge in [-0.25, -0.2) is 0 Å². The van der Waals surface area contributed by atoms with Crippen molar-refractivity contribution in [3.63, 3.8) is 0 Å². The van der Waals surface area contributed by atoms with Crippen LogP contribution >= 0.6 is 15.9 Å². The van der Waals surface area contributed by atoms with Gasteiger partial charge < -0.3 is 5.32 Å². The molecule has 0 unspecified atom stereocenters. The van der Waals surface area contributed by atoms with E-state index in [-0.39, 0.29) is 11.4 Å². The summed E-state index contributed by atoms with van der Waals surface area (Å²) in [7, 11) is 0. The molecule has 0 saturated carbocycles. The van der Waals surface area contributed by atoms with Crippen molar-refractivity contribution in [3.8, 4) is 0 Å². The molecule has 18 heavy (non-hydrogen) atoms. The number of carbonyl (C=O) groups is 1. The highest BCUT2D eigenvalue weighted by atomic mass is 79.9. The van der Waals surface area contributed by atoms with Gasteiger partial charge >= 0.3 is 0 Å². The summed E-state index contributed by atoms with van der Waals surface area (Å²) in [6.45, 7) is 6.27. The number of alkyl halides is 1. The van der Waals surface area contributed by atoms with E-state index < -0.39 is 0 Å². The molecule has 0 aliphatic carbocycles. The van der Waals surface area contributed by atoms with Gasteiger partial charge in [-0.2, -0.15) is 0 Å². The third-order valence-electron chi connectivity index (χ3n) is 3.50. The van der Waals surface area contributed by atoms with Crippen molar-refractivity contribution in [1.82, 2.24) is 5.32 Å². The second-order valence-corrected chi connectivity index (χ2v) is 5.39. The van der Waals surface area contributed by atoms with Crippen LogP contribution in [-0.4, -0.2) is 16.8 Å². The smallest absolute Gasteiger partial charge is 0.224 e. The first-order valence-electron chi connectivity index (χ1n) is 6.47. The molecule has 0 aliphatic rings. The van der Waals surface area contributed by atoms with Crippen molar-refractivity contribution in [2.24, 2.45) is 0 Å². The molecule has 0 bridgehead atoms. The van der Waals surface area contributed by atoms with Gasteiger partial charge in [0.25, 0.3) is 0 Å². The van der Waals surface area contributed by atoms with Gasteiger partial charge in [-0.1, -0.05) is 59.6 Å². The van der Waals surface area contributed by atoms with Crippen LogP contribution in [0, 0.1) is 6.92 Å². The zero-order chi connectivity index (χ0) is 13.6. The first-order valence-corrected chi connectivity index (χ1v) is 7.60. The number of aryl methyl sites for hydroxylation is 1. The summed E-state index contributed by atoms with van der Waals surface area (Å²) < 4.78 is 0. The van der Waals surface area contributed by atoms with E-state index >= 15 is 0 Å². The molecule has 2 nitrogen and oxygen atoms in total. The average Bonchev–Trinajstić information content (AvgIpc) is 2.39. The average molecular weight is 312 g/mol. The lowest BCUT2D eigenvalue weighted by atomic mass is 9.95. The monoisotopic (exact) mass is 311 g/mol. The Bertz CT molecular complexity index is 374. The largest absolute Gasteiger partial charge is 0.350 e. The van der Waals surface area contributed by atoms with E-state index in [0.717, 1.165) is 23.7 Å². The van der Waals surface area contributed by atoms with E-state index in [4.69, 9.17) is 0 Å². The van der Waals surface area contributed by atoms with Crippen molar-refractivity contribution < 1.29 is 4.79 Å². The van der Waals surface area contributed by atoms with Gasteiger partial charge in [0.1, 0.15) is 0 Å². The molecule has 0 fully saturated rings. The van der Waals surface area contributed by atoms with Crippen LogP contribution in [-0.2, 0) is 11.2 Å². The van der Waals surface area contributed by atoms with E-state index in [0.29, 0.717) is 6.42 Å². The maximum absolute atomic E-state index is 12.1. The highest BCUT2D eigenvalue weighted by Crippen LogP contribution is 2.18. The molecule has 100 valence electrons.